The average molecular weight is 260 g/mol. The number of hydrogen-bond donors (Lipinski definition) is 1. The van der Waals surface area contributed by atoms with E-state index in [1.165, 1.54) is 18.2 Å². The summed E-state index contributed by atoms with van der Waals surface area (Å²) < 4.78 is 17.8. The molecule has 0 bridgehead atoms. The SMILES string of the molecule is CCOC(=O)C(=O)NCc1c(F)cccc1Cl. The number of rotatable bonds is 3. The fourth-order valence-electron chi connectivity index (χ4n) is 1.14. The average Bonchev–Trinajstić information content (AvgIpc) is 2.28. The van der Waals surface area contributed by atoms with E-state index >= 15 is 0 Å². The van der Waals surface area contributed by atoms with E-state index in [0.29, 0.717) is 0 Å². The molecule has 0 aromatic heterocycles. The number of halogens is 2. The number of carbonyl (C=O) groups excluding carboxylic acids is 2. The second kappa shape index (κ2) is 6.20. The summed E-state index contributed by atoms with van der Waals surface area (Å²) in [6.07, 6.45) is 0. The summed E-state index contributed by atoms with van der Waals surface area (Å²) >= 11 is 5.75. The molecule has 0 aliphatic heterocycles. The molecule has 0 fully saturated rings. The van der Waals surface area contributed by atoms with E-state index in [-0.39, 0.29) is 23.7 Å². The highest BCUT2D eigenvalue weighted by molar-refractivity contribution is 6.33. The van der Waals surface area contributed by atoms with Gasteiger partial charge in [0.2, 0.25) is 0 Å². The molecule has 1 aromatic rings. The Balaban J connectivity index is 2.62. The second-order valence-electron chi connectivity index (χ2n) is 3.10. The highest BCUT2D eigenvalue weighted by Gasteiger charge is 2.15. The molecular formula is C11H11ClFNO3. The Hall–Kier alpha value is -1.62. The number of carbonyl (C=O) groups is 2. The minimum absolute atomic E-state index is 0.104. The van der Waals surface area contributed by atoms with Crippen molar-refractivity contribution in [2.75, 3.05) is 6.61 Å². The first-order chi connectivity index (χ1) is 8.06. The maximum atomic E-state index is 13.3. The molecule has 0 heterocycles. The highest BCUT2D eigenvalue weighted by atomic mass is 35.5. The van der Waals surface area contributed by atoms with Gasteiger partial charge in [0.15, 0.2) is 0 Å². The Kier molecular flexibility index (Phi) is 4.90. The number of hydrogen-bond acceptors (Lipinski definition) is 3. The minimum atomic E-state index is -1.00. The smallest absolute Gasteiger partial charge is 0.396 e. The van der Waals surface area contributed by atoms with E-state index in [2.05, 4.69) is 10.1 Å². The molecule has 1 rings (SSSR count). The lowest BCUT2D eigenvalue weighted by molar-refractivity contribution is -0.154. The van der Waals surface area contributed by atoms with E-state index in [1.807, 2.05) is 0 Å². The van der Waals surface area contributed by atoms with Gasteiger partial charge in [-0.2, -0.15) is 0 Å². The molecule has 1 N–H and O–H groups in total. The molecule has 17 heavy (non-hydrogen) atoms. The number of amides is 1. The normalized spacial score (nSPS) is 9.82. The lowest BCUT2D eigenvalue weighted by Crippen LogP contribution is -2.32. The van der Waals surface area contributed by atoms with Gasteiger partial charge < -0.3 is 10.1 Å². The van der Waals surface area contributed by atoms with Gasteiger partial charge in [-0.3, -0.25) is 4.79 Å². The molecule has 1 amide bonds. The molecule has 0 atom stereocenters. The van der Waals surface area contributed by atoms with Gasteiger partial charge in [0.05, 0.1) is 6.61 Å². The van der Waals surface area contributed by atoms with Crippen LogP contribution in [0.3, 0.4) is 0 Å². The molecular weight excluding hydrogens is 249 g/mol. The van der Waals surface area contributed by atoms with Gasteiger partial charge in [-0.15, -0.1) is 0 Å². The standard InChI is InChI=1S/C11H11ClFNO3/c1-2-17-11(16)10(15)14-6-7-8(12)4-3-5-9(7)13/h3-5H,2,6H2,1H3,(H,14,15). The number of benzene rings is 1. The topological polar surface area (TPSA) is 55.4 Å². The summed E-state index contributed by atoms with van der Waals surface area (Å²) in [5.41, 5.74) is 0.131. The van der Waals surface area contributed by atoms with Crippen molar-refractivity contribution in [1.29, 1.82) is 0 Å². The number of ether oxygens (including phenoxy) is 1. The third-order valence-electron chi connectivity index (χ3n) is 1.95. The van der Waals surface area contributed by atoms with E-state index in [9.17, 15) is 14.0 Å². The summed E-state index contributed by atoms with van der Waals surface area (Å²) in [6.45, 7) is 1.52. The zero-order valence-electron chi connectivity index (χ0n) is 9.13. The molecule has 0 spiro atoms. The van der Waals surface area contributed by atoms with Crippen LogP contribution in [0.2, 0.25) is 5.02 Å². The summed E-state index contributed by atoms with van der Waals surface area (Å²) in [6, 6.07) is 4.17. The monoisotopic (exact) mass is 259 g/mol. The van der Waals surface area contributed by atoms with Gasteiger partial charge >= 0.3 is 11.9 Å². The van der Waals surface area contributed by atoms with Crippen LogP contribution < -0.4 is 5.32 Å². The molecule has 0 radical (unpaired) electrons. The van der Waals surface area contributed by atoms with Gasteiger partial charge in [-0.25, -0.2) is 9.18 Å². The molecule has 1 aromatic carbocycles. The van der Waals surface area contributed by atoms with E-state index in [0.717, 1.165) is 0 Å². The van der Waals surface area contributed by atoms with Crippen molar-refractivity contribution >= 4 is 23.5 Å². The second-order valence-corrected chi connectivity index (χ2v) is 3.51. The van der Waals surface area contributed by atoms with E-state index in [4.69, 9.17) is 11.6 Å². The van der Waals surface area contributed by atoms with Crippen molar-refractivity contribution in [3.8, 4) is 0 Å². The van der Waals surface area contributed by atoms with Crippen LogP contribution in [0.1, 0.15) is 12.5 Å². The number of esters is 1. The Morgan fingerprint density at radius 3 is 2.76 bits per heavy atom. The van der Waals surface area contributed by atoms with Gasteiger partial charge in [-0.05, 0) is 19.1 Å². The highest BCUT2D eigenvalue weighted by Crippen LogP contribution is 2.18. The van der Waals surface area contributed by atoms with Crippen LogP contribution in [0.25, 0.3) is 0 Å². The molecule has 4 nitrogen and oxygen atoms in total. The van der Waals surface area contributed by atoms with Gasteiger partial charge in [0.1, 0.15) is 5.82 Å². The molecule has 6 heteroatoms. The Morgan fingerprint density at radius 1 is 1.47 bits per heavy atom. The van der Waals surface area contributed by atoms with Crippen LogP contribution in [0, 0.1) is 5.82 Å². The zero-order valence-corrected chi connectivity index (χ0v) is 9.88. The fraction of sp³-hybridized carbons (Fsp3) is 0.273. The van der Waals surface area contributed by atoms with Crippen LogP contribution in [0.4, 0.5) is 4.39 Å². The third kappa shape index (κ3) is 3.71. The largest absolute Gasteiger partial charge is 0.459 e. The summed E-state index contributed by atoms with van der Waals surface area (Å²) in [4.78, 5) is 22.2. The summed E-state index contributed by atoms with van der Waals surface area (Å²) in [5.74, 6) is -2.47. The molecule has 0 unspecified atom stereocenters. The van der Waals surface area contributed by atoms with Crippen LogP contribution in [-0.4, -0.2) is 18.5 Å². The minimum Gasteiger partial charge on any atom is -0.459 e. The lowest BCUT2D eigenvalue weighted by Gasteiger charge is -2.07. The molecule has 0 saturated carbocycles. The van der Waals surface area contributed by atoms with Crippen molar-refractivity contribution in [2.24, 2.45) is 0 Å². The van der Waals surface area contributed by atoms with Crippen LogP contribution in [0.5, 0.6) is 0 Å². The van der Waals surface area contributed by atoms with Crippen LogP contribution >= 0.6 is 11.6 Å². The van der Waals surface area contributed by atoms with Crippen LogP contribution in [0.15, 0.2) is 18.2 Å². The molecule has 0 saturated heterocycles. The maximum absolute atomic E-state index is 13.3. The van der Waals surface area contributed by atoms with Crippen molar-refractivity contribution in [2.45, 2.75) is 13.5 Å². The first kappa shape index (κ1) is 13.4. The lowest BCUT2D eigenvalue weighted by atomic mass is 10.2. The molecule has 92 valence electrons. The Labute approximate surface area is 103 Å². The molecule has 0 aliphatic rings. The van der Waals surface area contributed by atoms with Crippen molar-refractivity contribution in [1.82, 2.24) is 5.32 Å². The van der Waals surface area contributed by atoms with Crippen molar-refractivity contribution in [3.63, 3.8) is 0 Å². The van der Waals surface area contributed by atoms with Gasteiger partial charge in [-0.1, -0.05) is 17.7 Å². The van der Waals surface area contributed by atoms with E-state index in [1.54, 1.807) is 6.92 Å². The van der Waals surface area contributed by atoms with E-state index < -0.39 is 17.7 Å². The third-order valence-corrected chi connectivity index (χ3v) is 2.30. The predicted octanol–water partition coefficient (Wildman–Crippen LogP) is 1.66. The zero-order chi connectivity index (χ0) is 12.8. The van der Waals surface area contributed by atoms with Crippen LogP contribution in [-0.2, 0) is 20.9 Å². The summed E-state index contributed by atoms with van der Waals surface area (Å²) in [5, 5.41) is 2.42. The fourth-order valence-corrected chi connectivity index (χ4v) is 1.37. The number of nitrogens with one attached hydrogen (secondary N) is 1. The quantitative estimate of drug-likeness (QED) is 0.663. The Bertz CT molecular complexity index is 416. The summed E-state index contributed by atoms with van der Waals surface area (Å²) in [7, 11) is 0. The Morgan fingerprint density at radius 2 is 2.18 bits per heavy atom. The first-order valence-corrected chi connectivity index (χ1v) is 5.32. The van der Waals surface area contributed by atoms with Crippen molar-refractivity contribution < 1.29 is 18.7 Å². The molecule has 0 aliphatic carbocycles. The van der Waals surface area contributed by atoms with Gasteiger partial charge in [0, 0.05) is 17.1 Å². The maximum Gasteiger partial charge on any atom is 0.396 e. The van der Waals surface area contributed by atoms with Gasteiger partial charge in [0.25, 0.3) is 0 Å². The predicted molar refractivity (Wildman–Crippen MR) is 59.9 cm³/mol. The first-order valence-electron chi connectivity index (χ1n) is 4.94. The van der Waals surface area contributed by atoms with Crippen molar-refractivity contribution in [3.05, 3.63) is 34.6 Å².